The Balaban J connectivity index is 0.00000176. The van der Waals surface area contributed by atoms with E-state index in [2.05, 4.69) is 21.2 Å². The van der Waals surface area contributed by atoms with Gasteiger partial charge >= 0.3 is 0 Å². The number of likely N-dealkylation sites (tertiary alicyclic amines) is 1. The molecule has 6 heteroatoms. The molecule has 3 nitrogen and oxygen atoms in total. The fourth-order valence-electron chi connectivity index (χ4n) is 3.45. The van der Waals surface area contributed by atoms with Crippen LogP contribution in [0.2, 0.25) is 5.02 Å². The number of nitrogens with one attached hydrogen (secondary N) is 1. The molecule has 2 aliphatic rings. The molecule has 0 saturated carbocycles. The van der Waals surface area contributed by atoms with Crippen molar-refractivity contribution in [2.45, 2.75) is 31.7 Å². The molecule has 1 amide bonds. The molecule has 1 atom stereocenters. The van der Waals surface area contributed by atoms with Gasteiger partial charge in [-0.25, -0.2) is 0 Å². The topological polar surface area (TPSA) is 32.3 Å². The van der Waals surface area contributed by atoms with Crippen molar-refractivity contribution < 1.29 is 4.79 Å². The molecular weight excluding hydrogens is 387 g/mol. The number of rotatable bonds is 2. The number of amides is 1. The number of benzene rings is 1. The van der Waals surface area contributed by atoms with Crippen LogP contribution in [0.15, 0.2) is 22.7 Å². The standard InChI is InChI=1S/C16H20BrClN2O.ClH/c17-12-3-4-13(14(18)10-12)16(21)20-8-5-11(6-9-20)15-2-1-7-19-15;/h3-4,10-11,15,19H,1-2,5-9H2;1H. The summed E-state index contributed by atoms with van der Waals surface area (Å²) in [5.74, 6) is 0.780. The van der Waals surface area contributed by atoms with Gasteiger partial charge in [-0.1, -0.05) is 27.5 Å². The average molecular weight is 408 g/mol. The monoisotopic (exact) mass is 406 g/mol. The minimum absolute atomic E-state index is 0. The minimum Gasteiger partial charge on any atom is -0.339 e. The lowest BCUT2D eigenvalue weighted by Gasteiger charge is -2.35. The summed E-state index contributed by atoms with van der Waals surface area (Å²) in [5.41, 5.74) is 0.609. The average Bonchev–Trinajstić information content (AvgIpc) is 3.01. The molecule has 122 valence electrons. The number of carbonyl (C=O) groups is 1. The zero-order valence-corrected chi connectivity index (χ0v) is 15.5. The maximum absolute atomic E-state index is 12.6. The van der Waals surface area contributed by atoms with E-state index in [-0.39, 0.29) is 18.3 Å². The molecule has 1 unspecified atom stereocenters. The minimum atomic E-state index is 0. The van der Waals surface area contributed by atoms with Gasteiger partial charge in [0.25, 0.3) is 5.91 Å². The van der Waals surface area contributed by atoms with E-state index in [9.17, 15) is 4.79 Å². The van der Waals surface area contributed by atoms with Crippen molar-refractivity contribution in [2.24, 2.45) is 5.92 Å². The molecule has 22 heavy (non-hydrogen) atoms. The fraction of sp³-hybridized carbons (Fsp3) is 0.562. The van der Waals surface area contributed by atoms with Crippen LogP contribution in [0.25, 0.3) is 0 Å². The first-order chi connectivity index (χ1) is 10.1. The van der Waals surface area contributed by atoms with E-state index < -0.39 is 0 Å². The van der Waals surface area contributed by atoms with Crippen LogP contribution in [0.5, 0.6) is 0 Å². The van der Waals surface area contributed by atoms with Gasteiger partial charge in [-0.3, -0.25) is 4.79 Å². The third-order valence-corrected chi connectivity index (χ3v) is 5.46. The molecule has 0 aromatic heterocycles. The summed E-state index contributed by atoms with van der Waals surface area (Å²) in [4.78, 5) is 14.5. The molecule has 0 bridgehead atoms. The number of nitrogens with zero attached hydrogens (tertiary/aromatic N) is 1. The van der Waals surface area contributed by atoms with E-state index in [0.717, 1.165) is 42.9 Å². The van der Waals surface area contributed by atoms with Gasteiger partial charge < -0.3 is 10.2 Å². The lowest BCUT2D eigenvalue weighted by atomic mass is 9.88. The highest BCUT2D eigenvalue weighted by Crippen LogP contribution is 2.28. The molecule has 0 aliphatic carbocycles. The second-order valence-corrected chi connectivity index (χ2v) is 7.28. The van der Waals surface area contributed by atoms with Crippen molar-refractivity contribution in [3.05, 3.63) is 33.3 Å². The second kappa shape index (κ2) is 8.00. The van der Waals surface area contributed by atoms with Crippen LogP contribution in [0.1, 0.15) is 36.0 Å². The van der Waals surface area contributed by atoms with Gasteiger partial charge in [-0.15, -0.1) is 12.4 Å². The van der Waals surface area contributed by atoms with Crippen LogP contribution >= 0.6 is 39.9 Å². The molecule has 2 aliphatic heterocycles. The molecule has 0 radical (unpaired) electrons. The zero-order chi connectivity index (χ0) is 14.8. The largest absolute Gasteiger partial charge is 0.339 e. The number of piperidine rings is 1. The molecule has 2 heterocycles. The lowest BCUT2D eigenvalue weighted by molar-refractivity contribution is 0.0674. The molecule has 1 aromatic rings. The highest BCUT2D eigenvalue weighted by Gasteiger charge is 2.30. The first kappa shape index (κ1) is 18.1. The molecule has 2 fully saturated rings. The first-order valence-corrected chi connectivity index (χ1v) is 8.80. The Labute approximate surface area is 151 Å². The Morgan fingerprint density at radius 1 is 1.27 bits per heavy atom. The Morgan fingerprint density at radius 3 is 2.59 bits per heavy atom. The first-order valence-electron chi connectivity index (χ1n) is 7.63. The van der Waals surface area contributed by atoms with Gasteiger partial charge in [0, 0.05) is 23.6 Å². The molecule has 3 rings (SSSR count). The fourth-order valence-corrected chi connectivity index (χ4v) is 4.21. The molecule has 1 N–H and O–H groups in total. The summed E-state index contributed by atoms with van der Waals surface area (Å²) >= 11 is 9.56. The van der Waals surface area contributed by atoms with Crippen molar-refractivity contribution in [1.29, 1.82) is 0 Å². The van der Waals surface area contributed by atoms with Crippen LogP contribution in [-0.2, 0) is 0 Å². The van der Waals surface area contributed by atoms with Crippen molar-refractivity contribution in [2.75, 3.05) is 19.6 Å². The third-order valence-electron chi connectivity index (χ3n) is 4.66. The van der Waals surface area contributed by atoms with Gasteiger partial charge in [0.15, 0.2) is 0 Å². The Kier molecular flexibility index (Phi) is 6.57. The van der Waals surface area contributed by atoms with E-state index in [1.807, 2.05) is 11.0 Å². The van der Waals surface area contributed by atoms with E-state index in [1.54, 1.807) is 12.1 Å². The second-order valence-electron chi connectivity index (χ2n) is 5.96. The summed E-state index contributed by atoms with van der Waals surface area (Å²) in [5, 5.41) is 4.11. The van der Waals surface area contributed by atoms with Crippen LogP contribution in [0.4, 0.5) is 0 Å². The van der Waals surface area contributed by atoms with Gasteiger partial charge in [-0.05, 0) is 56.3 Å². The summed E-state index contributed by atoms with van der Waals surface area (Å²) in [6.45, 7) is 2.83. The van der Waals surface area contributed by atoms with E-state index in [4.69, 9.17) is 11.6 Å². The zero-order valence-electron chi connectivity index (χ0n) is 12.4. The van der Waals surface area contributed by atoms with E-state index in [1.165, 1.54) is 12.8 Å². The van der Waals surface area contributed by atoms with Crippen LogP contribution in [0.3, 0.4) is 0 Å². The van der Waals surface area contributed by atoms with Gasteiger partial charge in [0.1, 0.15) is 0 Å². The summed E-state index contributed by atoms with van der Waals surface area (Å²) in [6, 6.07) is 6.12. The SMILES string of the molecule is Cl.O=C(c1ccc(Br)cc1Cl)N1CCC(C2CCCN2)CC1. The van der Waals surface area contributed by atoms with Crippen molar-refractivity contribution >= 4 is 45.8 Å². The highest BCUT2D eigenvalue weighted by molar-refractivity contribution is 9.10. The maximum Gasteiger partial charge on any atom is 0.255 e. The summed E-state index contributed by atoms with van der Waals surface area (Å²) in [7, 11) is 0. The van der Waals surface area contributed by atoms with Crippen molar-refractivity contribution in [1.82, 2.24) is 10.2 Å². The smallest absolute Gasteiger partial charge is 0.255 e. The quantitative estimate of drug-likeness (QED) is 0.799. The number of hydrogen-bond acceptors (Lipinski definition) is 2. The summed E-state index contributed by atoms with van der Waals surface area (Å²) in [6.07, 6.45) is 4.77. The van der Waals surface area contributed by atoms with Gasteiger partial charge in [0.05, 0.1) is 10.6 Å². The Morgan fingerprint density at radius 2 is 2.00 bits per heavy atom. The number of halogens is 3. The van der Waals surface area contributed by atoms with E-state index in [0.29, 0.717) is 16.6 Å². The molecular formula is C16H21BrCl2N2O. The number of hydrogen-bond donors (Lipinski definition) is 1. The Hall–Kier alpha value is -0.290. The van der Waals surface area contributed by atoms with Crippen molar-refractivity contribution in [3.8, 4) is 0 Å². The highest BCUT2D eigenvalue weighted by atomic mass is 79.9. The maximum atomic E-state index is 12.6. The summed E-state index contributed by atoms with van der Waals surface area (Å²) < 4.78 is 0.898. The normalized spacial score (nSPS) is 22.5. The lowest BCUT2D eigenvalue weighted by Crippen LogP contribution is -2.43. The Bertz CT molecular complexity index is 527. The molecule has 1 aromatic carbocycles. The van der Waals surface area contributed by atoms with Crippen LogP contribution in [-0.4, -0.2) is 36.5 Å². The van der Waals surface area contributed by atoms with Crippen molar-refractivity contribution in [3.63, 3.8) is 0 Å². The van der Waals surface area contributed by atoms with Gasteiger partial charge in [-0.2, -0.15) is 0 Å². The predicted molar refractivity (Wildman–Crippen MR) is 96.1 cm³/mol. The number of carbonyl (C=O) groups excluding carboxylic acids is 1. The van der Waals surface area contributed by atoms with Crippen LogP contribution < -0.4 is 5.32 Å². The third kappa shape index (κ3) is 3.97. The predicted octanol–water partition coefficient (Wildman–Crippen LogP) is 4.13. The van der Waals surface area contributed by atoms with Crippen LogP contribution in [0, 0.1) is 5.92 Å². The van der Waals surface area contributed by atoms with Gasteiger partial charge in [0.2, 0.25) is 0 Å². The van der Waals surface area contributed by atoms with E-state index >= 15 is 0 Å². The molecule has 0 spiro atoms. The molecule has 2 saturated heterocycles.